The van der Waals surface area contributed by atoms with Gasteiger partial charge in [0.15, 0.2) is 5.82 Å². The Labute approximate surface area is 94.9 Å². The molecule has 16 heavy (non-hydrogen) atoms. The zero-order valence-corrected chi connectivity index (χ0v) is 9.78. The number of anilines is 1. The van der Waals surface area contributed by atoms with E-state index in [9.17, 15) is 0 Å². The van der Waals surface area contributed by atoms with Crippen LogP contribution in [-0.2, 0) is 0 Å². The first-order valence-electron chi connectivity index (χ1n) is 5.17. The molecule has 4 nitrogen and oxygen atoms in total. The molecule has 0 spiro atoms. The molecule has 4 heteroatoms. The predicted octanol–water partition coefficient (Wildman–Crippen LogP) is 1.77. The number of hydrogen-bond donors (Lipinski definition) is 2. The molecule has 0 fully saturated rings. The standard InChI is InChI=1S/C12H16N4/c1-7-4-9(3)10(5-8(7)2)11-12(13)16(14)6-15-11/h4-6H,13-14H2,1-3H3. The van der Waals surface area contributed by atoms with E-state index in [1.54, 1.807) is 0 Å². The van der Waals surface area contributed by atoms with Gasteiger partial charge in [-0.3, -0.25) is 0 Å². The molecule has 0 saturated heterocycles. The van der Waals surface area contributed by atoms with E-state index in [4.69, 9.17) is 11.6 Å². The van der Waals surface area contributed by atoms with Gasteiger partial charge in [0.05, 0.1) is 0 Å². The molecule has 0 amide bonds. The Morgan fingerprint density at radius 1 is 1.06 bits per heavy atom. The van der Waals surface area contributed by atoms with Gasteiger partial charge in [-0.2, -0.15) is 0 Å². The number of nitrogens with two attached hydrogens (primary N) is 2. The van der Waals surface area contributed by atoms with Crippen LogP contribution in [-0.4, -0.2) is 9.66 Å². The van der Waals surface area contributed by atoms with Crippen LogP contribution in [0.15, 0.2) is 18.5 Å². The number of nitrogens with zero attached hydrogens (tertiary/aromatic N) is 2. The first-order valence-corrected chi connectivity index (χ1v) is 5.17. The van der Waals surface area contributed by atoms with Crippen molar-refractivity contribution in [2.75, 3.05) is 11.6 Å². The van der Waals surface area contributed by atoms with Crippen molar-refractivity contribution in [3.05, 3.63) is 35.2 Å². The zero-order valence-electron chi connectivity index (χ0n) is 9.78. The Kier molecular flexibility index (Phi) is 2.34. The Bertz CT molecular complexity index is 540. The van der Waals surface area contributed by atoms with Gasteiger partial charge in [-0.15, -0.1) is 0 Å². The molecule has 1 aromatic heterocycles. The van der Waals surface area contributed by atoms with Crippen LogP contribution >= 0.6 is 0 Å². The second-order valence-corrected chi connectivity index (χ2v) is 4.14. The third kappa shape index (κ3) is 1.52. The summed E-state index contributed by atoms with van der Waals surface area (Å²) < 4.78 is 1.34. The lowest BCUT2D eigenvalue weighted by molar-refractivity contribution is 1.01. The second-order valence-electron chi connectivity index (χ2n) is 4.14. The number of benzene rings is 1. The minimum absolute atomic E-state index is 0.492. The molecule has 0 radical (unpaired) electrons. The van der Waals surface area contributed by atoms with Crippen LogP contribution in [0.3, 0.4) is 0 Å². The van der Waals surface area contributed by atoms with Crippen LogP contribution in [0.5, 0.6) is 0 Å². The van der Waals surface area contributed by atoms with Gasteiger partial charge in [-0.1, -0.05) is 6.07 Å². The van der Waals surface area contributed by atoms with Gasteiger partial charge in [-0.05, 0) is 43.5 Å². The quantitative estimate of drug-likeness (QED) is 0.714. The largest absolute Gasteiger partial charge is 0.382 e. The average Bonchev–Trinajstić information content (AvgIpc) is 2.54. The fourth-order valence-electron chi connectivity index (χ4n) is 1.79. The normalized spacial score (nSPS) is 10.7. The average molecular weight is 216 g/mol. The summed E-state index contributed by atoms with van der Waals surface area (Å²) in [7, 11) is 0. The highest BCUT2D eigenvalue weighted by Gasteiger charge is 2.11. The molecule has 0 aliphatic rings. The van der Waals surface area contributed by atoms with Gasteiger partial charge >= 0.3 is 0 Å². The molecule has 2 aromatic rings. The van der Waals surface area contributed by atoms with E-state index in [1.807, 2.05) is 0 Å². The van der Waals surface area contributed by atoms with Crippen molar-refractivity contribution >= 4 is 5.82 Å². The van der Waals surface area contributed by atoms with Crippen LogP contribution < -0.4 is 11.6 Å². The van der Waals surface area contributed by atoms with Gasteiger partial charge in [-0.25, -0.2) is 9.66 Å². The van der Waals surface area contributed by atoms with Gasteiger partial charge in [0, 0.05) is 5.56 Å². The lowest BCUT2D eigenvalue weighted by Gasteiger charge is -2.08. The maximum absolute atomic E-state index is 5.87. The van der Waals surface area contributed by atoms with Gasteiger partial charge in [0.2, 0.25) is 0 Å². The smallest absolute Gasteiger partial charge is 0.150 e. The third-order valence-corrected chi connectivity index (χ3v) is 2.93. The summed E-state index contributed by atoms with van der Waals surface area (Å²) in [5.41, 5.74) is 11.3. The van der Waals surface area contributed by atoms with E-state index in [0.717, 1.165) is 16.8 Å². The number of hydrogen-bond acceptors (Lipinski definition) is 3. The van der Waals surface area contributed by atoms with Crippen molar-refractivity contribution in [3.8, 4) is 11.3 Å². The van der Waals surface area contributed by atoms with Crippen molar-refractivity contribution in [1.82, 2.24) is 9.66 Å². The summed E-state index contributed by atoms with van der Waals surface area (Å²) in [6, 6.07) is 4.24. The number of rotatable bonds is 1. The van der Waals surface area contributed by atoms with Crippen molar-refractivity contribution in [3.63, 3.8) is 0 Å². The number of aryl methyl sites for hydroxylation is 3. The van der Waals surface area contributed by atoms with Gasteiger partial charge in [0.25, 0.3) is 0 Å². The Balaban J connectivity index is 2.65. The first kappa shape index (κ1) is 10.5. The van der Waals surface area contributed by atoms with Gasteiger partial charge < -0.3 is 11.6 Å². The summed E-state index contributed by atoms with van der Waals surface area (Å²) in [6.45, 7) is 6.22. The van der Waals surface area contributed by atoms with E-state index in [0.29, 0.717) is 5.82 Å². The van der Waals surface area contributed by atoms with Crippen molar-refractivity contribution in [1.29, 1.82) is 0 Å². The highest BCUT2D eigenvalue weighted by molar-refractivity contribution is 5.74. The summed E-state index contributed by atoms with van der Waals surface area (Å²) in [5, 5.41) is 0. The molecule has 84 valence electrons. The predicted molar refractivity (Wildman–Crippen MR) is 66.4 cm³/mol. The highest BCUT2D eigenvalue weighted by atomic mass is 15.3. The fourth-order valence-corrected chi connectivity index (χ4v) is 1.79. The molecule has 4 N–H and O–H groups in total. The lowest BCUT2D eigenvalue weighted by atomic mass is 9.99. The molecule has 0 atom stereocenters. The number of imidazole rings is 1. The summed E-state index contributed by atoms with van der Waals surface area (Å²) >= 11 is 0. The van der Waals surface area contributed by atoms with E-state index in [2.05, 4.69) is 37.9 Å². The van der Waals surface area contributed by atoms with E-state index in [1.165, 1.54) is 22.1 Å². The minimum atomic E-state index is 0.492. The molecule has 1 aromatic carbocycles. The van der Waals surface area contributed by atoms with Crippen molar-refractivity contribution < 1.29 is 0 Å². The topological polar surface area (TPSA) is 69.9 Å². The maximum Gasteiger partial charge on any atom is 0.150 e. The van der Waals surface area contributed by atoms with Crippen molar-refractivity contribution in [2.45, 2.75) is 20.8 Å². The Morgan fingerprint density at radius 3 is 2.25 bits per heavy atom. The molecule has 0 aliphatic heterocycles. The molecular weight excluding hydrogens is 200 g/mol. The van der Waals surface area contributed by atoms with Crippen LogP contribution in [0.4, 0.5) is 5.82 Å². The molecule has 0 aliphatic carbocycles. The molecule has 1 heterocycles. The number of nitrogen functional groups attached to an aromatic ring is 2. The Hall–Kier alpha value is -1.97. The lowest BCUT2D eigenvalue weighted by Crippen LogP contribution is -2.10. The SMILES string of the molecule is Cc1cc(C)c(-c2ncn(N)c2N)cc1C. The molecule has 0 unspecified atom stereocenters. The van der Waals surface area contributed by atoms with Crippen LogP contribution in [0, 0.1) is 20.8 Å². The monoisotopic (exact) mass is 216 g/mol. The zero-order chi connectivity index (χ0) is 11.9. The molecule has 2 rings (SSSR count). The first-order chi connectivity index (χ1) is 7.50. The summed E-state index contributed by atoms with van der Waals surface area (Å²) in [6.07, 6.45) is 1.53. The van der Waals surface area contributed by atoms with Gasteiger partial charge in [0.1, 0.15) is 12.0 Å². The maximum atomic E-state index is 5.87. The third-order valence-electron chi connectivity index (χ3n) is 2.93. The van der Waals surface area contributed by atoms with Crippen LogP contribution in [0.2, 0.25) is 0 Å². The van der Waals surface area contributed by atoms with E-state index >= 15 is 0 Å². The second kappa shape index (κ2) is 3.56. The van der Waals surface area contributed by atoms with E-state index in [-0.39, 0.29) is 0 Å². The van der Waals surface area contributed by atoms with Crippen LogP contribution in [0.1, 0.15) is 16.7 Å². The van der Waals surface area contributed by atoms with Crippen LogP contribution in [0.25, 0.3) is 11.3 Å². The molecule has 0 saturated carbocycles. The molecule has 0 bridgehead atoms. The summed E-state index contributed by atoms with van der Waals surface area (Å²) in [4.78, 5) is 4.23. The Morgan fingerprint density at radius 2 is 1.69 bits per heavy atom. The van der Waals surface area contributed by atoms with Crippen molar-refractivity contribution in [2.24, 2.45) is 0 Å². The number of aromatic nitrogens is 2. The highest BCUT2D eigenvalue weighted by Crippen LogP contribution is 2.28. The van der Waals surface area contributed by atoms with E-state index < -0.39 is 0 Å². The minimum Gasteiger partial charge on any atom is -0.382 e. The molecular formula is C12H16N4. The fraction of sp³-hybridized carbons (Fsp3) is 0.250. The summed E-state index contributed by atoms with van der Waals surface area (Å²) in [5.74, 6) is 6.12.